The van der Waals surface area contributed by atoms with E-state index in [0.29, 0.717) is 37.7 Å². The molecule has 1 heterocycles. The van der Waals surface area contributed by atoms with Gasteiger partial charge in [0.15, 0.2) is 0 Å². The molecule has 0 spiro atoms. The minimum Gasteiger partial charge on any atom is -0.383 e. The van der Waals surface area contributed by atoms with E-state index in [1.807, 2.05) is 4.90 Å². The Morgan fingerprint density at radius 3 is 2.78 bits per heavy atom. The molecule has 0 aromatic heterocycles. The Labute approximate surface area is 107 Å². The summed E-state index contributed by atoms with van der Waals surface area (Å²) in [4.78, 5) is 25.5. The molecule has 6 nitrogen and oxygen atoms in total. The van der Waals surface area contributed by atoms with Gasteiger partial charge in [0, 0.05) is 39.6 Å². The average Bonchev–Trinajstić information content (AvgIpc) is 3.17. The molecule has 2 amide bonds. The lowest BCUT2D eigenvalue weighted by atomic mass is 10.1. The zero-order valence-electron chi connectivity index (χ0n) is 10.9. The summed E-state index contributed by atoms with van der Waals surface area (Å²) in [6.45, 7) is 1.13. The van der Waals surface area contributed by atoms with Crippen molar-refractivity contribution in [2.45, 2.75) is 31.7 Å². The maximum absolute atomic E-state index is 12.3. The average molecular weight is 253 g/mol. The highest BCUT2D eigenvalue weighted by molar-refractivity contribution is 6.39. The zero-order valence-corrected chi connectivity index (χ0v) is 10.9. The van der Waals surface area contributed by atoms with Crippen molar-refractivity contribution in [3.05, 3.63) is 0 Å². The SMILES string of the molecule is COCCN(C(=O)C1=NN(C)C(=O)CC1)C1CC1. The summed E-state index contributed by atoms with van der Waals surface area (Å²) in [5.41, 5.74) is 0.486. The number of methoxy groups -OCH3 is 1. The van der Waals surface area contributed by atoms with Crippen molar-refractivity contribution in [2.75, 3.05) is 27.3 Å². The number of hydrogen-bond acceptors (Lipinski definition) is 4. The van der Waals surface area contributed by atoms with Crippen LogP contribution in [0.25, 0.3) is 0 Å². The molecule has 1 fully saturated rings. The van der Waals surface area contributed by atoms with Crippen LogP contribution in [0.3, 0.4) is 0 Å². The molecule has 0 unspecified atom stereocenters. The Morgan fingerprint density at radius 1 is 1.50 bits per heavy atom. The van der Waals surface area contributed by atoms with Crippen LogP contribution < -0.4 is 0 Å². The van der Waals surface area contributed by atoms with Crippen molar-refractivity contribution in [3.63, 3.8) is 0 Å². The molecule has 2 rings (SSSR count). The highest BCUT2D eigenvalue weighted by atomic mass is 16.5. The number of rotatable bonds is 5. The molecule has 1 saturated carbocycles. The van der Waals surface area contributed by atoms with Gasteiger partial charge in [-0.15, -0.1) is 0 Å². The topological polar surface area (TPSA) is 62.2 Å². The van der Waals surface area contributed by atoms with E-state index in [2.05, 4.69) is 5.10 Å². The number of amides is 2. The summed E-state index contributed by atoms with van der Waals surface area (Å²) in [6, 6.07) is 0.332. The molecule has 1 aliphatic heterocycles. The van der Waals surface area contributed by atoms with Gasteiger partial charge in [-0.25, -0.2) is 5.01 Å². The Balaban J connectivity index is 2.04. The summed E-state index contributed by atoms with van der Waals surface area (Å²) >= 11 is 0. The van der Waals surface area contributed by atoms with Crippen LogP contribution >= 0.6 is 0 Å². The van der Waals surface area contributed by atoms with Crippen LogP contribution in [0.5, 0.6) is 0 Å². The fourth-order valence-corrected chi connectivity index (χ4v) is 2.02. The molecule has 6 heteroatoms. The van der Waals surface area contributed by atoms with E-state index in [0.717, 1.165) is 12.8 Å². The second kappa shape index (κ2) is 5.48. The molecule has 0 bridgehead atoms. The molecule has 0 aromatic rings. The van der Waals surface area contributed by atoms with E-state index < -0.39 is 0 Å². The molecule has 100 valence electrons. The van der Waals surface area contributed by atoms with Crippen molar-refractivity contribution in [3.8, 4) is 0 Å². The van der Waals surface area contributed by atoms with E-state index >= 15 is 0 Å². The Morgan fingerprint density at radius 2 is 2.22 bits per heavy atom. The summed E-state index contributed by atoms with van der Waals surface area (Å²) < 4.78 is 5.03. The van der Waals surface area contributed by atoms with E-state index in [4.69, 9.17) is 4.74 Å². The molecule has 18 heavy (non-hydrogen) atoms. The van der Waals surface area contributed by atoms with Gasteiger partial charge in [-0.1, -0.05) is 0 Å². The van der Waals surface area contributed by atoms with Gasteiger partial charge in [0.1, 0.15) is 5.71 Å². The van der Waals surface area contributed by atoms with Crippen LogP contribution in [0.15, 0.2) is 5.10 Å². The van der Waals surface area contributed by atoms with Crippen molar-refractivity contribution in [2.24, 2.45) is 5.10 Å². The summed E-state index contributed by atoms with van der Waals surface area (Å²) in [5.74, 6) is -0.0877. The number of carbonyl (C=O) groups is 2. The highest BCUT2D eigenvalue weighted by Gasteiger charge is 2.35. The van der Waals surface area contributed by atoms with Crippen LogP contribution in [0.1, 0.15) is 25.7 Å². The predicted molar refractivity (Wildman–Crippen MR) is 66.1 cm³/mol. The zero-order chi connectivity index (χ0) is 13.1. The quantitative estimate of drug-likeness (QED) is 0.704. The van der Waals surface area contributed by atoms with Gasteiger partial charge in [0.2, 0.25) is 5.91 Å². The summed E-state index contributed by atoms with van der Waals surface area (Å²) in [7, 11) is 3.21. The van der Waals surface area contributed by atoms with Crippen LogP contribution in [-0.2, 0) is 14.3 Å². The van der Waals surface area contributed by atoms with Gasteiger partial charge in [0.25, 0.3) is 5.91 Å². The molecule has 0 aromatic carbocycles. The maximum atomic E-state index is 12.3. The third-order valence-corrected chi connectivity index (χ3v) is 3.24. The van der Waals surface area contributed by atoms with Crippen LogP contribution in [0.2, 0.25) is 0 Å². The second-order valence-electron chi connectivity index (χ2n) is 4.69. The second-order valence-corrected chi connectivity index (χ2v) is 4.69. The summed E-state index contributed by atoms with van der Waals surface area (Å²) in [6.07, 6.45) is 2.91. The molecular formula is C12H19N3O3. The first-order valence-electron chi connectivity index (χ1n) is 6.27. The number of carbonyl (C=O) groups excluding carboxylic acids is 2. The Bertz CT molecular complexity index is 377. The standard InChI is InChI=1S/C12H19N3O3/c1-14-11(16)6-5-10(13-14)12(17)15(7-8-18-2)9-3-4-9/h9H,3-8H2,1-2H3. The van der Waals surface area contributed by atoms with E-state index in [-0.39, 0.29) is 11.8 Å². The minimum absolute atomic E-state index is 0.0404. The number of hydrogen-bond donors (Lipinski definition) is 0. The summed E-state index contributed by atoms with van der Waals surface area (Å²) in [5, 5.41) is 5.33. The van der Waals surface area contributed by atoms with Gasteiger partial charge < -0.3 is 9.64 Å². The van der Waals surface area contributed by atoms with Crippen LogP contribution in [0.4, 0.5) is 0 Å². The van der Waals surface area contributed by atoms with E-state index in [9.17, 15) is 9.59 Å². The number of hydrazone groups is 1. The molecular weight excluding hydrogens is 234 g/mol. The van der Waals surface area contributed by atoms with E-state index in [1.165, 1.54) is 5.01 Å². The van der Waals surface area contributed by atoms with Crippen molar-refractivity contribution in [1.29, 1.82) is 0 Å². The fourth-order valence-electron chi connectivity index (χ4n) is 2.02. The lowest BCUT2D eigenvalue weighted by molar-refractivity contribution is -0.130. The van der Waals surface area contributed by atoms with Crippen molar-refractivity contribution >= 4 is 17.5 Å². The van der Waals surface area contributed by atoms with Crippen molar-refractivity contribution in [1.82, 2.24) is 9.91 Å². The van der Waals surface area contributed by atoms with E-state index in [1.54, 1.807) is 14.2 Å². The van der Waals surface area contributed by atoms with Gasteiger partial charge in [0.05, 0.1) is 6.61 Å². The molecule has 1 aliphatic carbocycles. The Kier molecular flexibility index (Phi) is 3.96. The fraction of sp³-hybridized carbons (Fsp3) is 0.750. The lowest BCUT2D eigenvalue weighted by Crippen LogP contribution is -2.43. The highest BCUT2D eigenvalue weighted by Crippen LogP contribution is 2.27. The predicted octanol–water partition coefficient (Wildman–Crippen LogP) is 0.232. The smallest absolute Gasteiger partial charge is 0.270 e. The Hall–Kier alpha value is -1.43. The normalized spacial score (nSPS) is 19.8. The van der Waals surface area contributed by atoms with Gasteiger partial charge >= 0.3 is 0 Å². The monoisotopic (exact) mass is 253 g/mol. The third kappa shape index (κ3) is 2.87. The molecule has 0 N–H and O–H groups in total. The maximum Gasteiger partial charge on any atom is 0.270 e. The third-order valence-electron chi connectivity index (χ3n) is 3.24. The molecule has 2 aliphatic rings. The van der Waals surface area contributed by atoms with Gasteiger partial charge in [-0.3, -0.25) is 9.59 Å². The first kappa shape index (κ1) is 13.0. The molecule has 0 saturated heterocycles. The first-order chi connectivity index (χ1) is 8.63. The number of nitrogens with zero attached hydrogens (tertiary/aromatic N) is 3. The van der Waals surface area contributed by atoms with Crippen LogP contribution in [0, 0.1) is 0 Å². The lowest BCUT2D eigenvalue weighted by Gasteiger charge is -2.25. The first-order valence-corrected chi connectivity index (χ1v) is 6.27. The van der Waals surface area contributed by atoms with Gasteiger partial charge in [-0.05, 0) is 12.8 Å². The minimum atomic E-state index is -0.0473. The molecule has 0 radical (unpaired) electrons. The van der Waals surface area contributed by atoms with Crippen LogP contribution in [-0.4, -0.2) is 60.8 Å². The number of ether oxygens (including phenoxy) is 1. The van der Waals surface area contributed by atoms with Gasteiger partial charge in [-0.2, -0.15) is 5.10 Å². The van der Waals surface area contributed by atoms with Crippen molar-refractivity contribution < 1.29 is 14.3 Å². The molecule has 0 atom stereocenters. The largest absolute Gasteiger partial charge is 0.383 e.